The van der Waals surface area contributed by atoms with E-state index in [0.29, 0.717) is 0 Å². The van der Waals surface area contributed by atoms with Crippen molar-refractivity contribution in [2.45, 2.75) is 77.4 Å². The highest BCUT2D eigenvalue weighted by atomic mass is 16.7. The molecule has 0 aliphatic carbocycles. The van der Waals surface area contributed by atoms with Crippen LogP contribution in [0.1, 0.15) is 71.6 Å². The zero-order chi connectivity index (χ0) is 11.7. The molecule has 0 saturated carbocycles. The molecule has 0 fully saturated rings. The van der Waals surface area contributed by atoms with Crippen LogP contribution in [0.5, 0.6) is 0 Å². The summed E-state index contributed by atoms with van der Waals surface area (Å²) in [4.78, 5) is 0. The first kappa shape index (κ1) is 13.4. The van der Waals surface area contributed by atoms with Crippen molar-refractivity contribution < 1.29 is 9.47 Å². The van der Waals surface area contributed by atoms with E-state index in [-0.39, 0.29) is 5.79 Å². The van der Waals surface area contributed by atoms with Crippen molar-refractivity contribution in [3.05, 3.63) is 12.5 Å². The standard InChI is InChI=1S/C14H26O2/c1-3-4-5-6-7-8-9-10-11-14(2)15-12-13-16-14/h12-13H,3-11H2,1-2H3. The average Bonchev–Trinajstić information content (AvgIpc) is 2.70. The summed E-state index contributed by atoms with van der Waals surface area (Å²) in [6, 6.07) is 0. The number of rotatable bonds is 9. The summed E-state index contributed by atoms with van der Waals surface area (Å²) < 4.78 is 10.8. The molecular weight excluding hydrogens is 200 g/mol. The quantitative estimate of drug-likeness (QED) is 0.528. The van der Waals surface area contributed by atoms with Crippen LogP contribution < -0.4 is 0 Å². The maximum absolute atomic E-state index is 5.40. The predicted molar refractivity (Wildman–Crippen MR) is 66.9 cm³/mol. The van der Waals surface area contributed by atoms with E-state index in [1.165, 1.54) is 51.4 Å². The fourth-order valence-corrected chi connectivity index (χ4v) is 2.07. The predicted octanol–water partition coefficient (Wildman–Crippen LogP) is 4.75. The van der Waals surface area contributed by atoms with E-state index < -0.39 is 0 Å². The van der Waals surface area contributed by atoms with Crippen molar-refractivity contribution in [3.8, 4) is 0 Å². The Morgan fingerprint density at radius 2 is 1.31 bits per heavy atom. The van der Waals surface area contributed by atoms with Gasteiger partial charge in [0.15, 0.2) is 0 Å². The maximum atomic E-state index is 5.40. The second-order valence-corrected chi connectivity index (χ2v) is 4.87. The van der Waals surface area contributed by atoms with Crippen molar-refractivity contribution >= 4 is 0 Å². The monoisotopic (exact) mass is 226 g/mol. The van der Waals surface area contributed by atoms with Gasteiger partial charge in [-0.15, -0.1) is 0 Å². The third-order valence-corrected chi connectivity index (χ3v) is 3.17. The van der Waals surface area contributed by atoms with Gasteiger partial charge < -0.3 is 9.47 Å². The van der Waals surface area contributed by atoms with Crippen LogP contribution in [0.4, 0.5) is 0 Å². The summed E-state index contributed by atoms with van der Waals surface area (Å²) in [5.41, 5.74) is 0. The van der Waals surface area contributed by atoms with E-state index in [4.69, 9.17) is 9.47 Å². The van der Waals surface area contributed by atoms with Gasteiger partial charge >= 0.3 is 0 Å². The largest absolute Gasteiger partial charge is 0.457 e. The number of unbranched alkanes of at least 4 members (excludes halogenated alkanes) is 7. The van der Waals surface area contributed by atoms with Crippen molar-refractivity contribution in [2.75, 3.05) is 0 Å². The highest BCUT2D eigenvalue weighted by Crippen LogP contribution is 2.26. The van der Waals surface area contributed by atoms with Gasteiger partial charge in [0.2, 0.25) is 5.79 Å². The van der Waals surface area contributed by atoms with Gasteiger partial charge in [-0.05, 0) is 6.42 Å². The molecule has 1 aliphatic rings. The second-order valence-electron chi connectivity index (χ2n) is 4.87. The summed E-state index contributed by atoms with van der Waals surface area (Å²) in [7, 11) is 0. The van der Waals surface area contributed by atoms with Gasteiger partial charge in [-0.1, -0.05) is 51.9 Å². The first-order valence-electron chi connectivity index (χ1n) is 6.77. The third-order valence-electron chi connectivity index (χ3n) is 3.17. The van der Waals surface area contributed by atoms with Crippen LogP contribution in [-0.2, 0) is 9.47 Å². The van der Waals surface area contributed by atoms with Crippen LogP contribution in [0.3, 0.4) is 0 Å². The Morgan fingerprint density at radius 1 is 0.812 bits per heavy atom. The second kappa shape index (κ2) is 7.59. The Morgan fingerprint density at radius 3 is 1.88 bits per heavy atom. The lowest BCUT2D eigenvalue weighted by Crippen LogP contribution is -2.24. The van der Waals surface area contributed by atoms with E-state index >= 15 is 0 Å². The zero-order valence-electron chi connectivity index (χ0n) is 10.8. The Labute approximate surface area is 100 Å². The molecule has 0 unspecified atom stereocenters. The molecule has 2 nitrogen and oxygen atoms in total. The van der Waals surface area contributed by atoms with Crippen molar-refractivity contribution in [3.63, 3.8) is 0 Å². The van der Waals surface area contributed by atoms with Gasteiger partial charge in [-0.25, -0.2) is 0 Å². The summed E-state index contributed by atoms with van der Waals surface area (Å²) in [5.74, 6) is -0.373. The Kier molecular flexibility index (Phi) is 6.36. The molecule has 1 aliphatic heterocycles. The van der Waals surface area contributed by atoms with Crippen LogP contribution in [0.15, 0.2) is 12.5 Å². The minimum absolute atomic E-state index is 0.373. The number of hydrogen-bond acceptors (Lipinski definition) is 2. The topological polar surface area (TPSA) is 18.5 Å². The normalized spacial score (nSPS) is 17.1. The van der Waals surface area contributed by atoms with Gasteiger partial charge in [0.25, 0.3) is 0 Å². The Hall–Kier alpha value is -0.660. The first-order valence-corrected chi connectivity index (χ1v) is 6.77. The molecular formula is C14H26O2. The minimum Gasteiger partial charge on any atom is -0.457 e. The highest BCUT2D eigenvalue weighted by molar-refractivity contribution is 4.79. The minimum atomic E-state index is -0.373. The molecule has 0 aromatic carbocycles. The van der Waals surface area contributed by atoms with Crippen LogP contribution in [-0.4, -0.2) is 5.79 Å². The van der Waals surface area contributed by atoms with E-state index in [1.807, 2.05) is 6.92 Å². The van der Waals surface area contributed by atoms with Crippen LogP contribution >= 0.6 is 0 Å². The molecule has 0 aromatic heterocycles. The molecule has 1 rings (SSSR count). The fraction of sp³-hybridized carbons (Fsp3) is 0.857. The lowest BCUT2D eigenvalue weighted by Gasteiger charge is -2.22. The summed E-state index contributed by atoms with van der Waals surface area (Å²) in [6.07, 6.45) is 15.1. The maximum Gasteiger partial charge on any atom is 0.247 e. The SMILES string of the molecule is CCCCCCCCCCC1(C)OC=CO1. The van der Waals surface area contributed by atoms with Gasteiger partial charge in [0, 0.05) is 13.3 Å². The van der Waals surface area contributed by atoms with E-state index in [1.54, 1.807) is 12.5 Å². The molecule has 0 spiro atoms. The molecule has 0 atom stereocenters. The highest BCUT2D eigenvalue weighted by Gasteiger charge is 2.28. The molecule has 0 radical (unpaired) electrons. The Bertz CT molecular complexity index is 191. The van der Waals surface area contributed by atoms with E-state index in [9.17, 15) is 0 Å². The molecule has 0 saturated heterocycles. The van der Waals surface area contributed by atoms with Crippen LogP contribution in [0.25, 0.3) is 0 Å². The number of hydrogen-bond donors (Lipinski definition) is 0. The van der Waals surface area contributed by atoms with E-state index in [0.717, 1.165) is 6.42 Å². The molecule has 0 bridgehead atoms. The molecule has 0 N–H and O–H groups in total. The third kappa shape index (κ3) is 5.43. The molecule has 16 heavy (non-hydrogen) atoms. The summed E-state index contributed by atoms with van der Waals surface area (Å²) >= 11 is 0. The first-order chi connectivity index (χ1) is 7.77. The molecule has 2 heteroatoms. The van der Waals surface area contributed by atoms with Gasteiger partial charge in [-0.2, -0.15) is 0 Å². The summed E-state index contributed by atoms with van der Waals surface area (Å²) in [5, 5.41) is 0. The van der Waals surface area contributed by atoms with Gasteiger partial charge in [0.1, 0.15) is 12.5 Å². The van der Waals surface area contributed by atoms with Crippen molar-refractivity contribution in [2.24, 2.45) is 0 Å². The molecule has 0 aromatic rings. The molecule has 0 amide bonds. The van der Waals surface area contributed by atoms with Gasteiger partial charge in [0.05, 0.1) is 0 Å². The van der Waals surface area contributed by atoms with Crippen molar-refractivity contribution in [1.29, 1.82) is 0 Å². The average molecular weight is 226 g/mol. The lowest BCUT2D eigenvalue weighted by atomic mass is 10.0. The zero-order valence-corrected chi connectivity index (χ0v) is 10.8. The van der Waals surface area contributed by atoms with E-state index in [2.05, 4.69) is 6.92 Å². The van der Waals surface area contributed by atoms with Crippen LogP contribution in [0, 0.1) is 0 Å². The van der Waals surface area contributed by atoms with Gasteiger partial charge in [-0.3, -0.25) is 0 Å². The van der Waals surface area contributed by atoms with Crippen molar-refractivity contribution in [1.82, 2.24) is 0 Å². The molecule has 1 heterocycles. The fourth-order valence-electron chi connectivity index (χ4n) is 2.07. The number of ether oxygens (including phenoxy) is 2. The smallest absolute Gasteiger partial charge is 0.247 e. The lowest BCUT2D eigenvalue weighted by molar-refractivity contribution is -0.131. The Balaban J connectivity index is 1.85. The summed E-state index contributed by atoms with van der Waals surface area (Å²) in [6.45, 7) is 4.27. The van der Waals surface area contributed by atoms with Crippen LogP contribution in [0.2, 0.25) is 0 Å². The molecule has 94 valence electrons.